The maximum Gasteiger partial charge on any atom is 0.226 e. The molecule has 1 amide bonds. The highest BCUT2D eigenvalue weighted by Gasteiger charge is 2.09. The third-order valence-corrected chi connectivity index (χ3v) is 6.48. The minimum absolute atomic E-state index is 0.00705. The van der Waals surface area contributed by atoms with Gasteiger partial charge >= 0.3 is 0 Å². The zero-order valence-corrected chi connectivity index (χ0v) is 19.1. The molecule has 0 spiro atoms. The van der Waals surface area contributed by atoms with E-state index in [4.69, 9.17) is 0 Å². The summed E-state index contributed by atoms with van der Waals surface area (Å²) in [5.74, 6) is 0.849. The van der Waals surface area contributed by atoms with Crippen LogP contribution in [0, 0.1) is 0 Å². The molecular weight excluding hydrogens is 426 g/mol. The average Bonchev–Trinajstić information content (AvgIpc) is 3.26. The van der Waals surface area contributed by atoms with Gasteiger partial charge in [-0.05, 0) is 37.0 Å². The zero-order chi connectivity index (χ0) is 21.7. The molecule has 5 nitrogen and oxygen atoms in total. The minimum atomic E-state index is -0.00705. The number of anilines is 1. The van der Waals surface area contributed by atoms with E-state index in [9.17, 15) is 9.59 Å². The third kappa shape index (κ3) is 8.63. The fourth-order valence-electron chi connectivity index (χ4n) is 3.04. The molecular formula is C24H27N3O2S2. The van der Waals surface area contributed by atoms with Gasteiger partial charge < -0.3 is 5.32 Å². The van der Waals surface area contributed by atoms with Crippen molar-refractivity contribution in [3.8, 4) is 11.4 Å². The summed E-state index contributed by atoms with van der Waals surface area (Å²) in [6, 6.07) is 15.8. The molecule has 2 heterocycles. The van der Waals surface area contributed by atoms with Gasteiger partial charge in [0.15, 0.2) is 10.2 Å². The Morgan fingerprint density at radius 3 is 2.52 bits per heavy atom. The van der Waals surface area contributed by atoms with Gasteiger partial charge in [0.2, 0.25) is 5.91 Å². The molecule has 3 rings (SSSR count). The number of carbonyl (C=O) groups is 2. The number of amides is 1. The Balaban J connectivity index is 1.21. The van der Waals surface area contributed by atoms with E-state index >= 15 is 0 Å². The molecule has 0 radical (unpaired) electrons. The van der Waals surface area contributed by atoms with Gasteiger partial charge in [0.05, 0.1) is 5.69 Å². The van der Waals surface area contributed by atoms with Crippen LogP contribution in [0.3, 0.4) is 0 Å². The Labute approximate surface area is 191 Å². The number of hydrogen-bond acceptors (Lipinski definition) is 6. The highest BCUT2D eigenvalue weighted by molar-refractivity contribution is 8.13. The van der Waals surface area contributed by atoms with Crippen molar-refractivity contribution in [2.45, 2.75) is 44.9 Å². The van der Waals surface area contributed by atoms with Crippen LogP contribution < -0.4 is 5.32 Å². The summed E-state index contributed by atoms with van der Waals surface area (Å²) in [5, 5.41) is 5.64. The molecule has 0 saturated carbocycles. The van der Waals surface area contributed by atoms with E-state index in [2.05, 4.69) is 27.4 Å². The minimum Gasteiger partial charge on any atom is -0.302 e. The smallest absolute Gasteiger partial charge is 0.226 e. The summed E-state index contributed by atoms with van der Waals surface area (Å²) in [7, 11) is 0. The average molecular weight is 454 g/mol. The highest BCUT2D eigenvalue weighted by Crippen LogP contribution is 2.23. The lowest BCUT2D eigenvalue weighted by atomic mass is 10.1. The molecule has 0 aliphatic rings. The number of pyridine rings is 1. The van der Waals surface area contributed by atoms with Crippen molar-refractivity contribution in [2.75, 3.05) is 11.1 Å². The number of nitrogens with one attached hydrogen (secondary N) is 1. The molecule has 7 heteroatoms. The van der Waals surface area contributed by atoms with Gasteiger partial charge in [-0.3, -0.25) is 14.6 Å². The van der Waals surface area contributed by atoms with Crippen molar-refractivity contribution >= 4 is 39.3 Å². The second-order valence-electron chi connectivity index (χ2n) is 7.17. The molecule has 3 aromatic rings. The van der Waals surface area contributed by atoms with Gasteiger partial charge in [-0.15, -0.1) is 11.3 Å². The van der Waals surface area contributed by atoms with E-state index in [1.54, 1.807) is 6.20 Å². The summed E-state index contributed by atoms with van der Waals surface area (Å²) in [5.41, 5.74) is 2.79. The molecule has 0 saturated heterocycles. The maximum absolute atomic E-state index is 12.1. The molecule has 31 heavy (non-hydrogen) atoms. The second-order valence-corrected chi connectivity index (χ2v) is 9.18. The Kier molecular flexibility index (Phi) is 9.73. The van der Waals surface area contributed by atoms with Gasteiger partial charge in [0.1, 0.15) is 5.69 Å². The predicted molar refractivity (Wildman–Crippen MR) is 129 cm³/mol. The molecule has 2 aromatic heterocycles. The number of hydrogen-bond donors (Lipinski definition) is 1. The van der Waals surface area contributed by atoms with Crippen molar-refractivity contribution in [3.05, 3.63) is 65.7 Å². The van der Waals surface area contributed by atoms with Gasteiger partial charge in [0.25, 0.3) is 0 Å². The van der Waals surface area contributed by atoms with Crippen LogP contribution in [-0.4, -0.2) is 26.7 Å². The predicted octanol–water partition coefficient (Wildman–Crippen LogP) is 5.99. The fourth-order valence-corrected chi connectivity index (χ4v) is 4.58. The Morgan fingerprint density at radius 2 is 1.71 bits per heavy atom. The quantitative estimate of drug-likeness (QED) is 0.341. The van der Waals surface area contributed by atoms with Crippen LogP contribution in [0.5, 0.6) is 0 Å². The number of aryl methyl sites for hydroxylation is 1. The number of aromatic nitrogens is 2. The zero-order valence-electron chi connectivity index (χ0n) is 17.5. The number of benzene rings is 1. The molecule has 0 unspecified atom stereocenters. The Bertz CT molecular complexity index is 946. The van der Waals surface area contributed by atoms with Gasteiger partial charge in [-0.2, -0.15) is 0 Å². The van der Waals surface area contributed by atoms with Crippen molar-refractivity contribution in [3.63, 3.8) is 0 Å². The van der Waals surface area contributed by atoms with Crippen molar-refractivity contribution < 1.29 is 9.59 Å². The summed E-state index contributed by atoms with van der Waals surface area (Å²) >= 11 is 2.84. The van der Waals surface area contributed by atoms with E-state index in [-0.39, 0.29) is 11.0 Å². The molecule has 0 aliphatic heterocycles. The first-order valence-corrected chi connectivity index (χ1v) is 12.4. The lowest BCUT2D eigenvalue weighted by Gasteiger charge is -2.03. The topological polar surface area (TPSA) is 72.0 Å². The Morgan fingerprint density at radius 1 is 0.903 bits per heavy atom. The number of unbranched alkanes of at least 4 members (excludes halogenated alkanes) is 3. The lowest BCUT2D eigenvalue weighted by molar-refractivity contribution is -0.116. The van der Waals surface area contributed by atoms with Crippen LogP contribution in [0.25, 0.3) is 11.4 Å². The standard InChI is InChI=1S/C24H27N3O2S2/c28-22(27-24-26-21(18-31-24)20-12-7-8-16-25-20)13-6-1-2-9-17-30-23(29)15-14-19-10-4-3-5-11-19/h3-5,7-8,10-12,16,18H,1-2,6,9,13-15,17H2,(H,26,27,28). The van der Waals surface area contributed by atoms with Crippen molar-refractivity contribution in [1.82, 2.24) is 9.97 Å². The molecule has 0 bridgehead atoms. The molecule has 0 aliphatic carbocycles. The van der Waals surface area contributed by atoms with E-state index in [1.807, 2.05) is 41.8 Å². The molecule has 0 fully saturated rings. The Hall–Kier alpha value is -2.51. The second kappa shape index (κ2) is 13.0. The fraction of sp³-hybridized carbons (Fsp3) is 0.333. The highest BCUT2D eigenvalue weighted by atomic mass is 32.2. The maximum atomic E-state index is 12.1. The molecule has 1 N–H and O–H groups in total. The first kappa shape index (κ1) is 23.2. The SMILES string of the molecule is O=C(CCCCCCSC(=O)CCc1ccccc1)Nc1nc(-c2ccccn2)cs1. The number of thiazole rings is 1. The van der Waals surface area contributed by atoms with E-state index < -0.39 is 0 Å². The summed E-state index contributed by atoms with van der Waals surface area (Å²) in [6.45, 7) is 0. The molecule has 0 atom stereocenters. The van der Waals surface area contributed by atoms with Crippen LogP contribution >= 0.6 is 23.1 Å². The summed E-state index contributed by atoms with van der Waals surface area (Å²) in [4.78, 5) is 32.8. The van der Waals surface area contributed by atoms with Crippen molar-refractivity contribution in [1.29, 1.82) is 0 Å². The summed E-state index contributed by atoms with van der Waals surface area (Å²) < 4.78 is 0. The van der Waals surface area contributed by atoms with Crippen molar-refractivity contribution in [2.24, 2.45) is 0 Å². The van der Waals surface area contributed by atoms with Crippen LogP contribution in [0.15, 0.2) is 60.1 Å². The van der Waals surface area contributed by atoms with Crippen LogP contribution in [-0.2, 0) is 16.0 Å². The number of thioether (sulfide) groups is 1. The molecule has 162 valence electrons. The first-order chi connectivity index (χ1) is 15.2. The van der Waals surface area contributed by atoms with Gasteiger partial charge in [0, 0.05) is 30.2 Å². The van der Waals surface area contributed by atoms with E-state index in [0.717, 1.165) is 49.2 Å². The van der Waals surface area contributed by atoms with E-state index in [0.29, 0.717) is 18.0 Å². The van der Waals surface area contributed by atoms with Gasteiger partial charge in [-0.1, -0.05) is 61.0 Å². The number of rotatable bonds is 12. The largest absolute Gasteiger partial charge is 0.302 e. The normalized spacial score (nSPS) is 10.7. The monoisotopic (exact) mass is 453 g/mol. The van der Waals surface area contributed by atoms with Crippen LogP contribution in [0.4, 0.5) is 5.13 Å². The third-order valence-electron chi connectivity index (χ3n) is 4.70. The lowest BCUT2D eigenvalue weighted by Crippen LogP contribution is -2.10. The number of nitrogens with zero attached hydrogens (tertiary/aromatic N) is 2. The van der Waals surface area contributed by atoms with Crippen LogP contribution in [0.1, 0.15) is 44.1 Å². The summed E-state index contributed by atoms with van der Waals surface area (Å²) in [6.07, 6.45) is 7.49. The van der Waals surface area contributed by atoms with Crippen LogP contribution in [0.2, 0.25) is 0 Å². The van der Waals surface area contributed by atoms with E-state index in [1.165, 1.54) is 28.7 Å². The first-order valence-electron chi connectivity index (χ1n) is 10.6. The number of carbonyl (C=O) groups excluding carboxylic acids is 2. The molecule has 1 aromatic carbocycles. The van der Waals surface area contributed by atoms with Gasteiger partial charge in [-0.25, -0.2) is 4.98 Å².